The highest BCUT2D eigenvalue weighted by Crippen LogP contribution is 2.30. The minimum Gasteiger partial charge on any atom is -0.325 e. The maximum Gasteiger partial charge on any atom is 0.416 e. The van der Waals surface area contributed by atoms with Crippen LogP contribution >= 0.6 is 11.6 Å². The fourth-order valence-electron chi connectivity index (χ4n) is 4.21. The van der Waals surface area contributed by atoms with Gasteiger partial charge in [0.05, 0.1) is 5.56 Å². The van der Waals surface area contributed by atoms with Crippen LogP contribution in [-0.4, -0.2) is 41.6 Å². The molecular formula is C26H30ClF3N2O2. The van der Waals surface area contributed by atoms with Crippen LogP contribution in [0.25, 0.3) is 0 Å². The largest absolute Gasteiger partial charge is 0.416 e. The molecule has 34 heavy (non-hydrogen) atoms. The summed E-state index contributed by atoms with van der Waals surface area (Å²) in [5.74, 6) is 0.0937. The van der Waals surface area contributed by atoms with Gasteiger partial charge in [-0.3, -0.25) is 9.59 Å². The second-order valence-electron chi connectivity index (χ2n) is 8.80. The van der Waals surface area contributed by atoms with Crippen molar-refractivity contribution in [2.75, 3.05) is 25.0 Å². The van der Waals surface area contributed by atoms with E-state index in [-0.39, 0.29) is 11.7 Å². The van der Waals surface area contributed by atoms with E-state index in [1.54, 1.807) is 6.92 Å². The number of Topliss-reactive ketones (excluding diaryl/α,β-unsaturated/α-hetero) is 1. The van der Waals surface area contributed by atoms with E-state index in [1.807, 2.05) is 18.2 Å². The van der Waals surface area contributed by atoms with Gasteiger partial charge < -0.3 is 10.2 Å². The number of likely N-dealkylation sites (tertiary alicyclic amines) is 1. The molecule has 2 aromatic rings. The van der Waals surface area contributed by atoms with E-state index in [0.717, 1.165) is 56.7 Å². The third kappa shape index (κ3) is 7.57. The highest BCUT2D eigenvalue weighted by Gasteiger charge is 2.30. The van der Waals surface area contributed by atoms with Crippen LogP contribution in [0, 0.1) is 0 Å². The van der Waals surface area contributed by atoms with E-state index in [1.165, 1.54) is 17.7 Å². The first-order valence-corrected chi connectivity index (χ1v) is 12.0. The standard InChI is InChI=1S/C26H30ClF3N2O2/c1-18(27)25(34)31-23-6-4-5-21(17-23)19-12-15-32(16-13-19)14-3-2-7-24(33)20-8-10-22(11-9-20)26(28,29)30/h4-6,8-11,17-19H,2-3,7,12-16H2,1H3,(H,31,34). The molecule has 1 aliphatic heterocycles. The molecule has 1 amide bonds. The van der Waals surface area contributed by atoms with E-state index in [4.69, 9.17) is 11.6 Å². The van der Waals surface area contributed by atoms with Gasteiger partial charge in [-0.2, -0.15) is 13.2 Å². The minimum atomic E-state index is -4.39. The summed E-state index contributed by atoms with van der Waals surface area (Å²) in [6.45, 7) is 4.47. The number of halogens is 4. The van der Waals surface area contributed by atoms with Crippen LogP contribution in [0.15, 0.2) is 48.5 Å². The lowest BCUT2D eigenvalue weighted by Gasteiger charge is -2.32. The average Bonchev–Trinajstić information content (AvgIpc) is 2.81. The normalized spacial score (nSPS) is 16.3. The zero-order valence-electron chi connectivity index (χ0n) is 19.2. The van der Waals surface area contributed by atoms with Gasteiger partial charge in [0.25, 0.3) is 0 Å². The Morgan fingerprint density at radius 1 is 1.09 bits per heavy atom. The Kier molecular flexibility index (Phi) is 9.14. The van der Waals surface area contributed by atoms with Gasteiger partial charge in [-0.05, 0) is 88.0 Å². The lowest BCUT2D eigenvalue weighted by atomic mass is 9.89. The molecular weight excluding hydrogens is 465 g/mol. The number of piperidine rings is 1. The summed E-state index contributed by atoms with van der Waals surface area (Å²) in [6, 6.07) is 12.3. The van der Waals surface area contributed by atoms with Crippen LogP contribution in [0.3, 0.4) is 0 Å². The molecule has 1 fully saturated rings. The van der Waals surface area contributed by atoms with Crippen LogP contribution in [0.2, 0.25) is 0 Å². The van der Waals surface area contributed by atoms with Crippen LogP contribution in [-0.2, 0) is 11.0 Å². The maximum atomic E-state index is 12.6. The molecule has 0 bridgehead atoms. The summed E-state index contributed by atoms with van der Waals surface area (Å²) in [4.78, 5) is 26.5. The number of unbranched alkanes of at least 4 members (excludes halogenated alkanes) is 1. The number of amides is 1. The molecule has 2 aromatic carbocycles. The number of alkyl halides is 4. The fraction of sp³-hybridized carbons (Fsp3) is 0.462. The number of carbonyl (C=O) groups is 2. The molecule has 1 aliphatic rings. The lowest BCUT2D eigenvalue weighted by Crippen LogP contribution is -2.33. The monoisotopic (exact) mass is 494 g/mol. The summed E-state index contributed by atoms with van der Waals surface area (Å²) in [7, 11) is 0. The number of hydrogen-bond donors (Lipinski definition) is 1. The van der Waals surface area contributed by atoms with E-state index in [9.17, 15) is 22.8 Å². The summed E-state index contributed by atoms with van der Waals surface area (Å²) in [5.41, 5.74) is 1.55. The van der Waals surface area contributed by atoms with Gasteiger partial charge in [-0.1, -0.05) is 24.3 Å². The minimum absolute atomic E-state index is 0.122. The number of nitrogens with zero attached hydrogens (tertiary/aromatic N) is 1. The van der Waals surface area contributed by atoms with Crippen molar-refractivity contribution in [1.82, 2.24) is 4.90 Å². The van der Waals surface area contributed by atoms with Crippen molar-refractivity contribution in [3.63, 3.8) is 0 Å². The van der Waals surface area contributed by atoms with E-state index >= 15 is 0 Å². The van der Waals surface area contributed by atoms with Crippen LogP contribution in [0.4, 0.5) is 18.9 Å². The Bertz CT molecular complexity index is 969. The van der Waals surface area contributed by atoms with Crippen LogP contribution < -0.4 is 5.32 Å². The number of carbonyl (C=O) groups excluding carboxylic acids is 2. The predicted molar refractivity (Wildman–Crippen MR) is 128 cm³/mol. The Balaban J connectivity index is 1.38. The molecule has 1 heterocycles. The summed E-state index contributed by atoms with van der Waals surface area (Å²) >= 11 is 5.83. The molecule has 0 aromatic heterocycles. The van der Waals surface area contributed by atoms with Gasteiger partial charge in [0.2, 0.25) is 5.91 Å². The van der Waals surface area contributed by atoms with E-state index in [0.29, 0.717) is 24.3 Å². The maximum absolute atomic E-state index is 12.6. The molecule has 1 saturated heterocycles. The van der Waals surface area contributed by atoms with Crippen molar-refractivity contribution in [1.29, 1.82) is 0 Å². The molecule has 0 spiro atoms. The van der Waals surface area contributed by atoms with Gasteiger partial charge >= 0.3 is 6.18 Å². The van der Waals surface area contributed by atoms with Gasteiger partial charge in [0, 0.05) is 17.7 Å². The van der Waals surface area contributed by atoms with Crippen molar-refractivity contribution in [2.24, 2.45) is 0 Å². The highest BCUT2D eigenvalue weighted by molar-refractivity contribution is 6.32. The molecule has 1 atom stereocenters. The quantitative estimate of drug-likeness (QED) is 0.246. The highest BCUT2D eigenvalue weighted by atomic mass is 35.5. The lowest BCUT2D eigenvalue weighted by molar-refractivity contribution is -0.137. The van der Waals surface area contributed by atoms with E-state index < -0.39 is 17.1 Å². The topological polar surface area (TPSA) is 49.4 Å². The van der Waals surface area contributed by atoms with Crippen molar-refractivity contribution in [2.45, 2.75) is 56.5 Å². The zero-order valence-corrected chi connectivity index (χ0v) is 20.0. The van der Waals surface area contributed by atoms with E-state index in [2.05, 4.69) is 16.3 Å². The SMILES string of the molecule is CC(Cl)C(=O)Nc1cccc(C2CCN(CCCCC(=O)c3ccc(C(F)(F)F)cc3)CC2)c1. The zero-order chi connectivity index (χ0) is 24.7. The van der Waals surface area contributed by atoms with Gasteiger partial charge in [-0.25, -0.2) is 0 Å². The number of rotatable bonds is 9. The van der Waals surface area contributed by atoms with Crippen LogP contribution in [0.5, 0.6) is 0 Å². The molecule has 0 radical (unpaired) electrons. The first kappa shape index (κ1) is 26.2. The van der Waals surface area contributed by atoms with Crippen molar-refractivity contribution in [3.05, 3.63) is 65.2 Å². The third-order valence-electron chi connectivity index (χ3n) is 6.24. The van der Waals surface area contributed by atoms with Gasteiger partial charge in [0.1, 0.15) is 5.38 Å². The van der Waals surface area contributed by atoms with Crippen molar-refractivity contribution < 1.29 is 22.8 Å². The number of nitrogens with one attached hydrogen (secondary N) is 1. The number of ketones is 1. The van der Waals surface area contributed by atoms with Gasteiger partial charge in [0.15, 0.2) is 5.78 Å². The predicted octanol–water partition coefficient (Wildman–Crippen LogP) is 6.50. The molecule has 1 N–H and O–H groups in total. The Hall–Kier alpha value is -2.38. The fourth-order valence-corrected chi connectivity index (χ4v) is 4.27. The Labute approximate surface area is 203 Å². The number of anilines is 1. The average molecular weight is 495 g/mol. The smallest absolute Gasteiger partial charge is 0.325 e. The number of benzene rings is 2. The summed E-state index contributed by atoms with van der Waals surface area (Å²) in [6.07, 6.45) is -0.435. The Morgan fingerprint density at radius 2 is 1.76 bits per heavy atom. The summed E-state index contributed by atoms with van der Waals surface area (Å²) < 4.78 is 37.9. The third-order valence-corrected chi connectivity index (χ3v) is 6.44. The molecule has 8 heteroatoms. The van der Waals surface area contributed by atoms with Crippen LogP contribution in [0.1, 0.15) is 66.4 Å². The first-order valence-electron chi connectivity index (χ1n) is 11.6. The molecule has 1 unspecified atom stereocenters. The van der Waals surface area contributed by atoms with Gasteiger partial charge in [-0.15, -0.1) is 11.6 Å². The molecule has 0 aliphatic carbocycles. The second-order valence-corrected chi connectivity index (χ2v) is 9.46. The van der Waals surface area contributed by atoms with Crippen molar-refractivity contribution in [3.8, 4) is 0 Å². The second kappa shape index (κ2) is 11.8. The molecule has 4 nitrogen and oxygen atoms in total. The number of hydrogen-bond acceptors (Lipinski definition) is 3. The van der Waals surface area contributed by atoms with Crippen molar-refractivity contribution >= 4 is 29.0 Å². The molecule has 184 valence electrons. The molecule has 3 rings (SSSR count). The summed E-state index contributed by atoms with van der Waals surface area (Å²) in [5, 5.41) is 2.25. The Morgan fingerprint density at radius 3 is 2.38 bits per heavy atom. The molecule has 0 saturated carbocycles. The first-order chi connectivity index (χ1) is 16.1.